The lowest BCUT2D eigenvalue weighted by Gasteiger charge is -2.07. The molecule has 0 radical (unpaired) electrons. The normalized spacial score (nSPS) is 10.6. The van der Waals surface area contributed by atoms with E-state index in [0.29, 0.717) is 12.2 Å². The van der Waals surface area contributed by atoms with Crippen molar-refractivity contribution in [3.05, 3.63) is 47.5 Å². The van der Waals surface area contributed by atoms with Crippen molar-refractivity contribution in [2.24, 2.45) is 0 Å². The Balaban J connectivity index is 2.71. The lowest BCUT2D eigenvalue weighted by molar-refractivity contribution is 0.0699. The van der Waals surface area contributed by atoms with Gasteiger partial charge in [0.15, 0.2) is 0 Å². The Morgan fingerprint density at radius 2 is 1.88 bits per heavy atom. The van der Waals surface area contributed by atoms with Gasteiger partial charge in [-0.3, -0.25) is 0 Å². The molecule has 0 saturated carbocycles. The lowest BCUT2D eigenvalue weighted by Crippen LogP contribution is -1.99. The molecule has 3 heteroatoms. The minimum Gasteiger partial charge on any atom is -0.478 e. The van der Waals surface area contributed by atoms with Crippen molar-refractivity contribution in [3.8, 4) is 0 Å². The van der Waals surface area contributed by atoms with Crippen molar-refractivity contribution in [3.63, 3.8) is 0 Å². The second-order valence-corrected chi connectivity index (χ2v) is 3.56. The summed E-state index contributed by atoms with van der Waals surface area (Å²) >= 11 is 0. The van der Waals surface area contributed by atoms with E-state index in [4.69, 9.17) is 9.84 Å². The number of carboxylic acids is 1. The van der Waals surface area contributed by atoms with E-state index >= 15 is 0 Å². The summed E-state index contributed by atoms with van der Waals surface area (Å²) in [6, 6.07) is 10.9. The number of fused-ring (bicyclic) bond motifs is 1. The zero-order valence-electron chi connectivity index (χ0n) is 8.93. The van der Waals surface area contributed by atoms with Gasteiger partial charge in [-0.25, -0.2) is 4.79 Å². The average Bonchev–Trinajstić information content (AvgIpc) is 2.29. The molecular formula is C13H12O3. The minimum atomic E-state index is -0.903. The van der Waals surface area contributed by atoms with E-state index in [1.807, 2.05) is 24.3 Å². The molecule has 82 valence electrons. The van der Waals surface area contributed by atoms with Crippen molar-refractivity contribution in [2.75, 3.05) is 7.11 Å². The highest BCUT2D eigenvalue weighted by atomic mass is 16.5. The molecule has 0 atom stereocenters. The van der Waals surface area contributed by atoms with Crippen molar-refractivity contribution in [2.45, 2.75) is 6.61 Å². The predicted molar refractivity (Wildman–Crippen MR) is 61.6 cm³/mol. The van der Waals surface area contributed by atoms with Crippen LogP contribution in [0.25, 0.3) is 10.8 Å². The molecule has 0 aliphatic rings. The SMILES string of the molecule is COCc1ccc(C(=O)O)c2ccccc12. The van der Waals surface area contributed by atoms with E-state index in [2.05, 4.69) is 0 Å². The molecule has 0 amide bonds. The van der Waals surface area contributed by atoms with E-state index < -0.39 is 5.97 Å². The number of carbonyl (C=O) groups is 1. The number of aromatic carboxylic acids is 1. The summed E-state index contributed by atoms with van der Waals surface area (Å²) in [7, 11) is 1.62. The van der Waals surface area contributed by atoms with Gasteiger partial charge in [0.25, 0.3) is 0 Å². The van der Waals surface area contributed by atoms with Gasteiger partial charge >= 0.3 is 5.97 Å². The molecule has 3 nitrogen and oxygen atoms in total. The first-order valence-corrected chi connectivity index (χ1v) is 4.97. The molecule has 0 bridgehead atoms. The smallest absolute Gasteiger partial charge is 0.336 e. The van der Waals surface area contributed by atoms with Gasteiger partial charge in [-0.15, -0.1) is 0 Å². The number of rotatable bonds is 3. The van der Waals surface area contributed by atoms with Crippen LogP contribution in [-0.2, 0) is 11.3 Å². The van der Waals surface area contributed by atoms with Crippen LogP contribution in [0.15, 0.2) is 36.4 Å². The molecule has 0 fully saturated rings. The second-order valence-electron chi connectivity index (χ2n) is 3.56. The molecule has 0 heterocycles. The van der Waals surface area contributed by atoms with Crippen molar-refractivity contribution >= 4 is 16.7 Å². The zero-order chi connectivity index (χ0) is 11.5. The highest BCUT2D eigenvalue weighted by Crippen LogP contribution is 2.23. The molecule has 2 aromatic carbocycles. The first-order valence-electron chi connectivity index (χ1n) is 4.97. The van der Waals surface area contributed by atoms with Gasteiger partial charge in [0, 0.05) is 7.11 Å². The number of methoxy groups -OCH3 is 1. The predicted octanol–water partition coefficient (Wildman–Crippen LogP) is 2.68. The van der Waals surface area contributed by atoms with E-state index in [9.17, 15) is 4.79 Å². The number of hydrogen-bond acceptors (Lipinski definition) is 2. The van der Waals surface area contributed by atoms with E-state index in [1.165, 1.54) is 0 Å². The van der Waals surface area contributed by atoms with Gasteiger partial charge in [-0.05, 0) is 22.4 Å². The molecule has 1 N–H and O–H groups in total. The molecule has 0 saturated heterocycles. The van der Waals surface area contributed by atoms with Crippen LogP contribution in [-0.4, -0.2) is 18.2 Å². The summed E-state index contributed by atoms with van der Waals surface area (Å²) < 4.78 is 5.09. The maximum atomic E-state index is 11.1. The average molecular weight is 216 g/mol. The molecule has 0 aromatic heterocycles. The molecule has 0 spiro atoms. The summed E-state index contributed by atoms with van der Waals surface area (Å²) in [5.41, 5.74) is 1.33. The Hall–Kier alpha value is -1.87. The third-order valence-corrected chi connectivity index (χ3v) is 2.54. The summed E-state index contributed by atoms with van der Waals surface area (Å²) in [5, 5.41) is 10.8. The van der Waals surface area contributed by atoms with Crippen molar-refractivity contribution in [1.82, 2.24) is 0 Å². The summed E-state index contributed by atoms with van der Waals surface area (Å²) in [6.07, 6.45) is 0. The highest BCUT2D eigenvalue weighted by molar-refractivity contribution is 6.04. The summed E-state index contributed by atoms with van der Waals surface area (Å²) in [4.78, 5) is 11.1. The van der Waals surface area contributed by atoms with Gasteiger partial charge in [0.05, 0.1) is 12.2 Å². The fraction of sp³-hybridized carbons (Fsp3) is 0.154. The molecular weight excluding hydrogens is 204 g/mol. The number of hydrogen-bond donors (Lipinski definition) is 1. The topological polar surface area (TPSA) is 46.5 Å². The van der Waals surface area contributed by atoms with Crippen LogP contribution in [0, 0.1) is 0 Å². The van der Waals surface area contributed by atoms with Gasteiger partial charge in [0.2, 0.25) is 0 Å². The van der Waals surface area contributed by atoms with Crippen LogP contribution >= 0.6 is 0 Å². The Morgan fingerprint density at radius 3 is 2.50 bits per heavy atom. The molecule has 16 heavy (non-hydrogen) atoms. The monoisotopic (exact) mass is 216 g/mol. The molecule has 2 aromatic rings. The first kappa shape index (κ1) is 10.6. The van der Waals surface area contributed by atoms with Crippen LogP contribution in [0.2, 0.25) is 0 Å². The van der Waals surface area contributed by atoms with E-state index in [-0.39, 0.29) is 0 Å². The van der Waals surface area contributed by atoms with Crippen LogP contribution < -0.4 is 0 Å². The van der Waals surface area contributed by atoms with Crippen LogP contribution in [0.1, 0.15) is 15.9 Å². The molecule has 2 rings (SSSR count). The second kappa shape index (κ2) is 4.33. The number of carboxylic acid groups (broad SMARTS) is 1. The van der Waals surface area contributed by atoms with E-state index in [1.54, 1.807) is 19.2 Å². The Morgan fingerprint density at radius 1 is 1.19 bits per heavy atom. The Kier molecular flexibility index (Phi) is 2.88. The van der Waals surface area contributed by atoms with Gasteiger partial charge in [-0.2, -0.15) is 0 Å². The molecule has 0 aliphatic heterocycles. The zero-order valence-corrected chi connectivity index (χ0v) is 8.93. The summed E-state index contributed by atoms with van der Waals surface area (Å²) in [6.45, 7) is 0.487. The minimum absolute atomic E-state index is 0.329. The van der Waals surface area contributed by atoms with Crippen molar-refractivity contribution < 1.29 is 14.6 Å². The first-order chi connectivity index (χ1) is 7.74. The lowest BCUT2D eigenvalue weighted by atomic mass is 10.00. The van der Waals surface area contributed by atoms with Gasteiger partial charge < -0.3 is 9.84 Å². The number of ether oxygens (including phenoxy) is 1. The maximum absolute atomic E-state index is 11.1. The number of benzene rings is 2. The van der Waals surface area contributed by atoms with Crippen LogP contribution in [0.3, 0.4) is 0 Å². The maximum Gasteiger partial charge on any atom is 0.336 e. The van der Waals surface area contributed by atoms with E-state index in [0.717, 1.165) is 16.3 Å². The Bertz CT molecular complexity index is 532. The van der Waals surface area contributed by atoms with Crippen LogP contribution in [0.5, 0.6) is 0 Å². The fourth-order valence-electron chi connectivity index (χ4n) is 1.83. The quantitative estimate of drug-likeness (QED) is 0.858. The third kappa shape index (κ3) is 1.77. The highest BCUT2D eigenvalue weighted by Gasteiger charge is 2.10. The van der Waals surface area contributed by atoms with Crippen molar-refractivity contribution in [1.29, 1.82) is 0 Å². The largest absolute Gasteiger partial charge is 0.478 e. The standard InChI is InChI=1S/C13H12O3/c1-16-8-9-6-7-12(13(14)15)11-5-3-2-4-10(9)11/h2-7H,8H2,1H3,(H,14,15). The third-order valence-electron chi connectivity index (χ3n) is 2.54. The summed E-state index contributed by atoms with van der Waals surface area (Å²) in [5.74, 6) is -0.903. The molecule has 0 aliphatic carbocycles. The van der Waals surface area contributed by atoms with Gasteiger partial charge in [-0.1, -0.05) is 30.3 Å². The Labute approximate surface area is 93.3 Å². The molecule has 0 unspecified atom stereocenters. The van der Waals surface area contributed by atoms with Gasteiger partial charge in [0.1, 0.15) is 0 Å². The fourth-order valence-corrected chi connectivity index (χ4v) is 1.83. The van der Waals surface area contributed by atoms with Crippen LogP contribution in [0.4, 0.5) is 0 Å².